The predicted octanol–water partition coefficient (Wildman–Crippen LogP) is 3.90. The number of nitrogens with zero attached hydrogens (tertiary/aromatic N) is 1. The SMILES string of the molecule is CC.O=c1[nH]c(CCl)nc2c1sc1ccccc12. The Bertz CT molecular complexity index is 733. The Hall–Kier alpha value is -1.39. The average Bonchev–Trinajstić information content (AvgIpc) is 2.80. The third-order valence-electron chi connectivity index (χ3n) is 2.41. The van der Waals surface area contributed by atoms with E-state index in [1.165, 1.54) is 11.3 Å². The molecule has 1 N–H and O–H groups in total. The maximum absolute atomic E-state index is 11.8. The number of benzene rings is 1. The molecule has 0 amide bonds. The first kappa shape index (κ1) is 13.1. The molecule has 0 radical (unpaired) electrons. The van der Waals surface area contributed by atoms with Gasteiger partial charge in [-0.25, -0.2) is 4.98 Å². The molecule has 0 aliphatic heterocycles. The number of rotatable bonds is 1. The van der Waals surface area contributed by atoms with Gasteiger partial charge in [-0.05, 0) is 6.07 Å². The molecule has 3 aromatic rings. The standard InChI is InChI=1S/C11H7ClN2OS.C2H6/c12-5-8-13-9-6-3-1-2-4-7(6)16-10(9)11(15)14-8;1-2/h1-4H,5H2,(H,13,14,15);1-2H3. The Morgan fingerprint density at radius 2 is 2.06 bits per heavy atom. The molecule has 5 heteroatoms. The molecule has 0 saturated heterocycles. The molecule has 2 aromatic heterocycles. The predicted molar refractivity (Wildman–Crippen MR) is 78.7 cm³/mol. The summed E-state index contributed by atoms with van der Waals surface area (Å²) in [6.45, 7) is 4.00. The van der Waals surface area contributed by atoms with Crippen molar-refractivity contribution in [2.24, 2.45) is 0 Å². The zero-order valence-corrected chi connectivity index (χ0v) is 11.7. The summed E-state index contributed by atoms with van der Waals surface area (Å²) >= 11 is 7.15. The highest BCUT2D eigenvalue weighted by atomic mass is 35.5. The zero-order chi connectivity index (χ0) is 13.1. The van der Waals surface area contributed by atoms with Crippen molar-refractivity contribution in [3.8, 4) is 0 Å². The molecule has 94 valence electrons. The van der Waals surface area contributed by atoms with E-state index in [0.29, 0.717) is 10.5 Å². The second-order valence-electron chi connectivity index (χ2n) is 3.42. The van der Waals surface area contributed by atoms with Crippen molar-refractivity contribution in [1.29, 1.82) is 0 Å². The van der Waals surface area contributed by atoms with Gasteiger partial charge in [0.05, 0.1) is 11.4 Å². The van der Waals surface area contributed by atoms with Crippen molar-refractivity contribution in [2.45, 2.75) is 19.7 Å². The summed E-state index contributed by atoms with van der Waals surface area (Å²) in [6, 6.07) is 7.85. The second-order valence-corrected chi connectivity index (χ2v) is 4.74. The topological polar surface area (TPSA) is 45.8 Å². The van der Waals surface area contributed by atoms with Crippen molar-refractivity contribution in [1.82, 2.24) is 9.97 Å². The van der Waals surface area contributed by atoms with Gasteiger partial charge in [-0.15, -0.1) is 22.9 Å². The van der Waals surface area contributed by atoms with Gasteiger partial charge in [0.1, 0.15) is 10.5 Å². The van der Waals surface area contributed by atoms with Crippen LogP contribution in [0, 0.1) is 0 Å². The Balaban J connectivity index is 0.000000574. The van der Waals surface area contributed by atoms with E-state index in [-0.39, 0.29) is 11.4 Å². The molecule has 0 aliphatic carbocycles. The number of aromatic nitrogens is 2. The summed E-state index contributed by atoms with van der Waals surface area (Å²) in [6.07, 6.45) is 0. The van der Waals surface area contributed by atoms with E-state index in [2.05, 4.69) is 9.97 Å². The lowest BCUT2D eigenvalue weighted by Crippen LogP contribution is -2.08. The number of H-pyrrole nitrogens is 1. The summed E-state index contributed by atoms with van der Waals surface area (Å²) < 4.78 is 1.73. The van der Waals surface area contributed by atoms with Crippen LogP contribution >= 0.6 is 22.9 Å². The summed E-state index contributed by atoms with van der Waals surface area (Å²) in [5.41, 5.74) is 0.641. The molecule has 0 aliphatic rings. The normalized spacial score (nSPS) is 10.4. The summed E-state index contributed by atoms with van der Waals surface area (Å²) in [5.74, 6) is 0.734. The minimum atomic E-state index is -0.109. The lowest BCUT2D eigenvalue weighted by molar-refractivity contribution is 1.04. The number of aromatic amines is 1. The first-order valence-electron chi connectivity index (χ1n) is 5.76. The Morgan fingerprint density at radius 3 is 2.78 bits per heavy atom. The average molecular weight is 281 g/mol. The Kier molecular flexibility index (Phi) is 3.99. The number of alkyl halides is 1. The van der Waals surface area contributed by atoms with Crippen LogP contribution in [0.3, 0.4) is 0 Å². The molecule has 0 bridgehead atoms. The van der Waals surface area contributed by atoms with Crippen molar-refractivity contribution in [2.75, 3.05) is 0 Å². The first-order valence-corrected chi connectivity index (χ1v) is 7.11. The lowest BCUT2D eigenvalue weighted by atomic mass is 10.2. The molecule has 3 nitrogen and oxygen atoms in total. The monoisotopic (exact) mass is 280 g/mol. The van der Waals surface area contributed by atoms with E-state index in [0.717, 1.165) is 15.6 Å². The van der Waals surface area contributed by atoms with Crippen molar-refractivity contribution in [3.05, 3.63) is 40.4 Å². The molecule has 0 spiro atoms. The smallest absolute Gasteiger partial charge is 0.268 e. The van der Waals surface area contributed by atoms with E-state index in [1.54, 1.807) is 0 Å². The summed E-state index contributed by atoms with van der Waals surface area (Å²) in [5, 5.41) is 1.01. The minimum Gasteiger partial charge on any atom is -0.308 e. The third-order valence-corrected chi connectivity index (χ3v) is 3.82. The molecule has 0 unspecified atom stereocenters. The quantitative estimate of drug-likeness (QED) is 0.687. The Morgan fingerprint density at radius 1 is 1.33 bits per heavy atom. The molecular formula is C13H13ClN2OS. The van der Waals surface area contributed by atoms with Crippen LogP contribution in [0.15, 0.2) is 29.1 Å². The molecule has 3 rings (SSSR count). The fourth-order valence-corrected chi connectivity index (χ4v) is 2.87. The van der Waals surface area contributed by atoms with E-state index in [4.69, 9.17) is 11.6 Å². The van der Waals surface area contributed by atoms with E-state index in [9.17, 15) is 4.79 Å². The van der Waals surface area contributed by atoms with Gasteiger partial charge in [0.2, 0.25) is 0 Å². The Labute approximate surface area is 113 Å². The molecule has 2 heterocycles. The van der Waals surface area contributed by atoms with E-state index in [1.807, 2.05) is 38.1 Å². The van der Waals surface area contributed by atoms with Crippen molar-refractivity contribution in [3.63, 3.8) is 0 Å². The van der Waals surface area contributed by atoms with E-state index < -0.39 is 0 Å². The molecule has 0 fully saturated rings. The van der Waals surface area contributed by atoms with Crippen LogP contribution in [-0.2, 0) is 5.88 Å². The fraction of sp³-hybridized carbons (Fsp3) is 0.231. The third kappa shape index (κ3) is 2.13. The van der Waals surface area contributed by atoms with Gasteiger partial charge in [-0.2, -0.15) is 0 Å². The van der Waals surface area contributed by atoms with Crippen molar-refractivity contribution >= 4 is 43.2 Å². The van der Waals surface area contributed by atoms with Gasteiger partial charge in [0.25, 0.3) is 5.56 Å². The molecule has 18 heavy (non-hydrogen) atoms. The van der Waals surface area contributed by atoms with Gasteiger partial charge in [0, 0.05) is 10.1 Å². The largest absolute Gasteiger partial charge is 0.308 e. The minimum absolute atomic E-state index is 0.109. The van der Waals surface area contributed by atoms with Crippen LogP contribution < -0.4 is 5.56 Å². The maximum Gasteiger partial charge on any atom is 0.268 e. The van der Waals surface area contributed by atoms with Crippen LogP contribution in [0.2, 0.25) is 0 Å². The fourth-order valence-electron chi connectivity index (χ4n) is 1.71. The van der Waals surface area contributed by atoms with E-state index >= 15 is 0 Å². The number of hydrogen-bond donors (Lipinski definition) is 1. The van der Waals surface area contributed by atoms with Gasteiger partial charge in [-0.3, -0.25) is 4.79 Å². The van der Waals surface area contributed by atoms with Gasteiger partial charge in [-0.1, -0.05) is 32.0 Å². The van der Waals surface area contributed by atoms with Gasteiger partial charge < -0.3 is 4.98 Å². The van der Waals surface area contributed by atoms with Crippen LogP contribution in [-0.4, -0.2) is 9.97 Å². The van der Waals surface area contributed by atoms with Crippen LogP contribution in [0.1, 0.15) is 19.7 Å². The zero-order valence-electron chi connectivity index (χ0n) is 10.2. The van der Waals surface area contributed by atoms with Gasteiger partial charge >= 0.3 is 0 Å². The number of halogens is 1. The van der Waals surface area contributed by atoms with Crippen LogP contribution in [0.25, 0.3) is 20.3 Å². The highest BCUT2D eigenvalue weighted by Crippen LogP contribution is 2.29. The van der Waals surface area contributed by atoms with Crippen LogP contribution in [0.4, 0.5) is 0 Å². The molecular weight excluding hydrogens is 268 g/mol. The summed E-state index contributed by atoms with van der Waals surface area (Å²) in [4.78, 5) is 18.8. The number of nitrogens with one attached hydrogen (secondary N) is 1. The highest BCUT2D eigenvalue weighted by Gasteiger charge is 2.10. The summed E-state index contributed by atoms with van der Waals surface area (Å²) in [7, 11) is 0. The first-order chi connectivity index (χ1) is 8.79. The number of thiophene rings is 1. The van der Waals surface area contributed by atoms with Crippen LogP contribution in [0.5, 0.6) is 0 Å². The van der Waals surface area contributed by atoms with Crippen molar-refractivity contribution < 1.29 is 0 Å². The molecule has 0 saturated carbocycles. The molecule has 1 aromatic carbocycles. The second kappa shape index (κ2) is 5.50. The van der Waals surface area contributed by atoms with Gasteiger partial charge in [0.15, 0.2) is 0 Å². The number of fused-ring (bicyclic) bond motifs is 3. The lowest BCUT2D eigenvalue weighted by Gasteiger charge is -1.94. The maximum atomic E-state index is 11.8. The number of hydrogen-bond acceptors (Lipinski definition) is 3. The highest BCUT2D eigenvalue weighted by molar-refractivity contribution is 7.25. The molecule has 0 atom stereocenters.